The van der Waals surface area contributed by atoms with Crippen molar-refractivity contribution in [2.75, 3.05) is 63.8 Å². The number of carbonyl (C=O) groups excluding carboxylic acids is 2. The summed E-state index contributed by atoms with van der Waals surface area (Å²) in [4.78, 5) is 43.0. The highest BCUT2D eigenvalue weighted by Gasteiger charge is 2.24. The maximum Gasteiger partial charge on any atom is 0.253 e. The van der Waals surface area contributed by atoms with Crippen LogP contribution in [0.25, 0.3) is 0 Å². The number of thioether (sulfide) groups is 1. The lowest BCUT2D eigenvalue weighted by Gasteiger charge is -2.35. The Bertz CT molecular complexity index is 1100. The van der Waals surface area contributed by atoms with Crippen molar-refractivity contribution >= 4 is 29.4 Å². The predicted octanol–water partition coefficient (Wildman–Crippen LogP) is 3.51. The summed E-state index contributed by atoms with van der Waals surface area (Å²) < 4.78 is 0. The van der Waals surface area contributed by atoms with Crippen molar-refractivity contribution in [2.45, 2.75) is 50.9 Å². The lowest BCUT2D eigenvalue weighted by Crippen LogP contribution is -2.50. The lowest BCUT2D eigenvalue weighted by molar-refractivity contribution is -0.130. The van der Waals surface area contributed by atoms with Crippen LogP contribution in [-0.4, -0.2) is 95.4 Å². The maximum atomic E-state index is 13.1. The Morgan fingerprint density at radius 1 is 0.919 bits per heavy atom. The summed E-state index contributed by atoms with van der Waals surface area (Å²) in [5, 5.41) is 0.775. The van der Waals surface area contributed by atoms with Crippen molar-refractivity contribution in [3.8, 4) is 0 Å². The maximum absolute atomic E-state index is 13.1. The molecule has 8 nitrogen and oxygen atoms in total. The van der Waals surface area contributed by atoms with Crippen LogP contribution in [-0.2, 0) is 16.0 Å². The fourth-order valence-electron chi connectivity index (χ4n) is 4.67. The molecule has 0 radical (unpaired) electrons. The molecular weight excluding hydrogens is 484 g/mol. The molecule has 0 N–H and O–H groups in total. The molecule has 2 saturated heterocycles. The quantitative estimate of drug-likeness (QED) is 0.423. The molecule has 9 heteroatoms. The zero-order chi connectivity index (χ0) is 26.6. The molecule has 0 bridgehead atoms. The minimum atomic E-state index is -0.0724. The Hall–Kier alpha value is -2.65. The summed E-state index contributed by atoms with van der Waals surface area (Å²) in [6.07, 6.45) is 0. The van der Waals surface area contributed by atoms with Crippen LogP contribution < -0.4 is 4.90 Å². The van der Waals surface area contributed by atoms with E-state index in [9.17, 15) is 9.59 Å². The molecule has 2 aliphatic heterocycles. The monoisotopic (exact) mass is 524 g/mol. The van der Waals surface area contributed by atoms with Crippen LogP contribution in [0.3, 0.4) is 0 Å². The number of rotatable bonds is 6. The third kappa shape index (κ3) is 7.02. The van der Waals surface area contributed by atoms with E-state index in [1.807, 2.05) is 23.1 Å². The van der Waals surface area contributed by atoms with Crippen molar-refractivity contribution in [3.63, 3.8) is 0 Å². The lowest BCUT2D eigenvalue weighted by atomic mass is 9.92. The van der Waals surface area contributed by atoms with E-state index in [1.165, 1.54) is 0 Å². The number of carbonyl (C=O) groups is 2. The van der Waals surface area contributed by atoms with E-state index in [1.54, 1.807) is 23.6 Å². The summed E-state index contributed by atoms with van der Waals surface area (Å²) in [6.45, 7) is 17.8. The zero-order valence-electron chi connectivity index (χ0n) is 22.9. The average Bonchev–Trinajstić information content (AvgIpc) is 2.91. The molecule has 1 aromatic heterocycles. The molecule has 0 saturated carbocycles. The predicted molar refractivity (Wildman–Crippen MR) is 149 cm³/mol. The summed E-state index contributed by atoms with van der Waals surface area (Å²) in [5.74, 6) is 1.78. The van der Waals surface area contributed by atoms with E-state index in [0.29, 0.717) is 37.5 Å². The first-order valence-electron chi connectivity index (χ1n) is 13.3. The van der Waals surface area contributed by atoms with Gasteiger partial charge in [-0.25, -0.2) is 9.97 Å². The fraction of sp³-hybridized carbons (Fsp3) is 0.571. The van der Waals surface area contributed by atoms with Crippen LogP contribution in [0.15, 0.2) is 35.5 Å². The molecule has 2 aliphatic rings. The van der Waals surface area contributed by atoms with Crippen LogP contribution in [0.2, 0.25) is 0 Å². The molecule has 4 rings (SSSR count). The van der Waals surface area contributed by atoms with Gasteiger partial charge in [0, 0.05) is 82.1 Å². The Balaban J connectivity index is 1.45. The minimum absolute atomic E-state index is 0.0227. The van der Waals surface area contributed by atoms with Gasteiger partial charge >= 0.3 is 0 Å². The average molecular weight is 525 g/mol. The number of piperazine rings is 2. The van der Waals surface area contributed by atoms with Gasteiger partial charge in [0.1, 0.15) is 5.82 Å². The van der Waals surface area contributed by atoms with Crippen LogP contribution >= 0.6 is 11.8 Å². The van der Waals surface area contributed by atoms with E-state index in [4.69, 9.17) is 9.97 Å². The molecule has 0 aliphatic carbocycles. The van der Waals surface area contributed by atoms with Gasteiger partial charge in [-0.1, -0.05) is 51.6 Å². The zero-order valence-corrected chi connectivity index (χ0v) is 23.7. The van der Waals surface area contributed by atoms with Crippen molar-refractivity contribution < 1.29 is 9.59 Å². The van der Waals surface area contributed by atoms with E-state index in [2.05, 4.69) is 49.6 Å². The number of amides is 2. The highest BCUT2D eigenvalue weighted by Crippen LogP contribution is 2.29. The number of benzene rings is 1. The Morgan fingerprint density at radius 2 is 1.59 bits per heavy atom. The van der Waals surface area contributed by atoms with Gasteiger partial charge in [0.05, 0.1) is 5.69 Å². The van der Waals surface area contributed by atoms with Gasteiger partial charge in [0.2, 0.25) is 5.91 Å². The first-order valence-corrected chi connectivity index (χ1v) is 14.3. The van der Waals surface area contributed by atoms with Gasteiger partial charge in [0.25, 0.3) is 5.91 Å². The van der Waals surface area contributed by atoms with Crippen LogP contribution in [0.1, 0.15) is 56.2 Å². The van der Waals surface area contributed by atoms with E-state index < -0.39 is 0 Å². The van der Waals surface area contributed by atoms with Crippen LogP contribution in [0.5, 0.6) is 0 Å². The first-order chi connectivity index (χ1) is 17.6. The molecule has 1 aromatic carbocycles. The molecule has 3 heterocycles. The third-order valence-electron chi connectivity index (χ3n) is 7.16. The third-order valence-corrected chi connectivity index (χ3v) is 8.08. The van der Waals surface area contributed by atoms with Crippen LogP contribution in [0.4, 0.5) is 5.82 Å². The van der Waals surface area contributed by atoms with Crippen molar-refractivity contribution in [2.24, 2.45) is 0 Å². The van der Waals surface area contributed by atoms with E-state index >= 15 is 0 Å². The first kappa shape index (κ1) is 27.4. The second-order valence-electron chi connectivity index (χ2n) is 10.9. The molecule has 2 fully saturated rings. The highest BCUT2D eigenvalue weighted by atomic mass is 32.2. The number of hydrogen-bond donors (Lipinski definition) is 0. The van der Waals surface area contributed by atoms with Gasteiger partial charge in [-0.3, -0.25) is 9.59 Å². The summed E-state index contributed by atoms with van der Waals surface area (Å²) in [5.41, 5.74) is 2.73. The Morgan fingerprint density at radius 3 is 2.22 bits per heavy atom. The number of nitrogens with zero attached hydrogens (tertiary/aromatic N) is 6. The second-order valence-corrected chi connectivity index (χ2v) is 11.8. The number of hydrogen-bond acceptors (Lipinski definition) is 7. The Labute approximate surface area is 225 Å². The fourth-order valence-corrected chi connectivity index (χ4v) is 5.46. The summed E-state index contributed by atoms with van der Waals surface area (Å²) in [6, 6.07) is 10.00. The highest BCUT2D eigenvalue weighted by molar-refractivity contribution is 7.98. The van der Waals surface area contributed by atoms with E-state index in [0.717, 1.165) is 55.0 Å². The van der Waals surface area contributed by atoms with Gasteiger partial charge in [-0.2, -0.15) is 0 Å². The van der Waals surface area contributed by atoms with Gasteiger partial charge in [0.15, 0.2) is 5.16 Å². The van der Waals surface area contributed by atoms with Gasteiger partial charge < -0.3 is 19.6 Å². The minimum Gasteiger partial charge on any atom is -0.354 e. The van der Waals surface area contributed by atoms with Gasteiger partial charge in [-0.15, -0.1) is 0 Å². The number of aromatic nitrogens is 2. The standard InChI is InChI=1S/C28H40N6O2S/c1-6-31-10-12-33(13-11-31)25-19-24(28(3,4)5)29-27(30-25)37-20-22-8-7-9-23(18-22)26(36)34-16-14-32(15-17-34)21(2)35/h7-9,18-19H,6,10-17,20H2,1-5H3. The summed E-state index contributed by atoms with van der Waals surface area (Å²) in [7, 11) is 0. The molecule has 200 valence electrons. The molecular formula is C28H40N6O2S. The van der Waals surface area contributed by atoms with Gasteiger partial charge in [-0.05, 0) is 24.2 Å². The largest absolute Gasteiger partial charge is 0.354 e. The summed E-state index contributed by atoms with van der Waals surface area (Å²) >= 11 is 1.62. The molecule has 0 unspecified atom stereocenters. The normalized spacial score (nSPS) is 17.3. The second kappa shape index (κ2) is 11.8. The number of likely N-dealkylation sites (N-methyl/N-ethyl adjacent to an activating group) is 1. The Kier molecular flexibility index (Phi) is 8.75. The van der Waals surface area contributed by atoms with Crippen LogP contribution in [0, 0.1) is 0 Å². The van der Waals surface area contributed by atoms with E-state index in [-0.39, 0.29) is 17.2 Å². The smallest absolute Gasteiger partial charge is 0.253 e. The number of anilines is 1. The van der Waals surface area contributed by atoms with Crippen molar-refractivity contribution in [1.29, 1.82) is 0 Å². The SMILES string of the molecule is CCN1CCN(c2cc(C(C)(C)C)nc(SCc3cccc(C(=O)N4CCN(C(C)=O)CC4)c3)n2)CC1. The molecule has 2 amide bonds. The molecule has 2 aromatic rings. The molecule has 0 atom stereocenters. The molecule has 0 spiro atoms. The van der Waals surface area contributed by atoms with Crippen molar-refractivity contribution in [3.05, 3.63) is 47.2 Å². The molecule has 37 heavy (non-hydrogen) atoms. The topological polar surface area (TPSA) is 72.9 Å². The van der Waals surface area contributed by atoms with Crippen molar-refractivity contribution in [1.82, 2.24) is 24.7 Å².